The monoisotopic (exact) mass is 228 g/mol. The van der Waals surface area contributed by atoms with E-state index in [2.05, 4.69) is 34.6 Å². The summed E-state index contributed by atoms with van der Waals surface area (Å²) in [6, 6.07) is 0. The molecule has 1 saturated heterocycles. The van der Waals surface area contributed by atoms with Gasteiger partial charge in [0.1, 0.15) is 6.10 Å². The summed E-state index contributed by atoms with van der Waals surface area (Å²) in [5, 5.41) is 0. The number of hydrogen-bond acceptors (Lipinski definition) is 2. The summed E-state index contributed by atoms with van der Waals surface area (Å²) in [7, 11) is 0. The molecule has 2 unspecified atom stereocenters. The molecule has 0 bridgehead atoms. The Hall–Kier alpha value is -0.0800. The molecule has 2 nitrogen and oxygen atoms in total. The Balaban J connectivity index is 2.34. The quantitative estimate of drug-likeness (QED) is 0.592. The Morgan fingerprint density at radius 1 is 1.19 bits per heavy atom. The molecule has 0 saturated carbocycles. The Labute approximate surface area is 101 Å². The molecule has 0 N–H and O–H groups in total. The Bertz CT molecular complexity index is 209. The summed E-state index contributed by atoms with van der Waals surface area (Å²) < 4.78 is 10.9. The topological polar surface area (TPSA) is 21.8 Å². The van der Waals surface area contributed by atoms with Gasteiger partial charge in [-0.2, -0.15) is 0 Å². The largest absolute Gasteiger partial charge is 0.378 e. The van der Waals surface area contributed by atoms with Crippen molar-refractivity contribution in [2.45, 2.75) is 60.0 Å². The minimum Gasteiger partial charge on any atom is -0.378 e. The highest BCUT2D eigenvalue weighted by Gasteiger charge is 2.31. The van der Waals surface area contributed by atoms with Crippen molar-refractivity contribution >= 4 is 0 Å². The maximum Gasteiger partial charge on any atom is 0.104 e. The normalized spacial score (nSPS) is 24.2. The molecular weight excluding hydrogens is 200 g/mol. The summed E-state index contributed by atoms with van der Waals surface area (Å²) in [6.45, 7) is 14.1. The van der Waals surface area contributed by atoms with Crippen LogP contribution in [-0.4, -0.2) is 25.9 Å². The van der Waals surface area contributed by atoms with E-state index in [0.717, 1.165) is 19.8 Å². The van der Waals surface area contributed by atoms with Crippen molar-refractivity contribution in [2.24, 2.45) is 10.8 Å². The number of rotatable bonds is 8. The van der Waals surface area contributed by atoms with E-state index in [1.165, 1.54) is 19.3 Å². The second kappa shape index (κ2) is 5.50. The fraction of sp³-hybridized carbons (Fsp3) is 1.00. The van der Waals surface area contributed by atoms with Gasteiger partial charge in [-0.25, -0.2) is 0 Å². The zero-order valence-electron chi connectivity index (χ0n) is 11.6. The average Bonchev–Trinajstić information content (AvgIpc) is 3.01. The second-order valence-electron chi connectivity index (χ2n) is 6.33. The lowest BCUT2D eigenvalue weighted by molar-refractivity contribution is 0.0168. The van der Waals surface area contributed by atoms with E-state index >= 15 is 0 Å². The Morgan fingerprint density at radius 3 is 2.25 bits per heavy atom. The third-order valence-corrected chi connectivity index (χ3v) is 3.87. The highest BCUT2D eigenvalue weighted by molar-refractivity contribution is 4.81. The summed E-state index contributed by atoms with van der Waals surface area (Å²) >= 11 is 0. The zero-order valence-corrected chi connectivity index (χ0v) is 11.6. The zero-order chi connectivity index (χ0) is 12.2. The summed E-state index contributed by atoms with van der Waals surface area (Å²) in [4.78, 5) is 0. The van der Waals surface area contributed by atoms with Gasteiger partial charge >= 0.3 is 0 Å². The van der Waals surface area contributed by atoms with E-state index in [1.54, 1.807) is 0 Å². The Kier molecular flexibility index (Phi) is 4.81. The van der Waals surface area contributed by atoms with Crippen molar-refractivity contribution in [1.29, 1.82) is 0 Å². The molecule has 2 heteroatoms. The fourth-order valence-corrected chi connectivity index (χ4v) is 2.16. The van der Waals surface area contributed by atoms with Gasteiger partial charge in [0, 0.05) is 0 Å². The van der Waals surface area contributed by atoms with Gasteiger partial charge in [0.05, 0.1) is 19.8 Å². The lowest BCUT2D eigenvalue weighted by Gasteiger charge is -2.36. The van der Waals surface area contributed by atoms with Gasteiger partial charge in [-0.05, 0) is 23.7 Å². The van der Waals surface area contributed by atoms with E-state index in [4.69, 9.17) is 9.47 Å². The van der Waals surface area contributed by atoms with Crippen molar-refractivity contribution < 1.29 is 9.47 Å². The first kappa shape index (κ1) is 14.0. The van der Waals surface area contributed by atoms with Crippen LogP contribution in [0, 0.1) is 10.8 Å². The van der Waals surface area contributed by atoms with Crippen molar-refractivity contribution in [2.75, 3.05) is 19.8 Å². The first-order valence-electron chi connectivity index (χ1n) is 6.60. The van der Waals surface area contributed by atoms with Crippen LogP contribution in [0.3, 0.4) is 0 Å². The third-order valence-electron chi connectivity index (χ3n) is 3.87. The van der Waals surface area contributed by atoms with Crippen molar-refractivity contribution in [3.8, 4) is 0 Å². The molecule has 96 valence electrons. The highest BCUT2D eigenvalue weighted by Crippen LogP contribution is 2.38. The molecule has 0 aliphatic carbocycles. The van der Waals surface area contributed by atoms with Gasteiger partial charge in [-0.1, -0.05) is 41.0 Å². The van der Waals surface area contributed by atoms with Gasteiger partial charge in [0.15, 0.2) is 0 Å². The van der Waals surface area contributed by atoms with Crippen LogP contribution in [0.2, 0.25) is 0 Å². The number of hydrogen-bond donors (Lipinski definition) is 0. The van der Waals surface area contributed by atoms with Crippen LogP contribution in [-0.2, 0) is 9.47 Å². The van der Waals surface area contributed by atoms with E-state index in [9.17, 15) is 0 Å². The molecule has 0 amide bonds. The maximum atomic E-state index is 5.78. The molecule has 1 aliphatic rings. The third kappa shape index (κ3) is 4.84. The summed E-state index contributed by atoms with van der Waals surface area (Å²) in [5.74, 6) is 0. The van der Waals surface area contributed by atoms with E-state index in [1.807, 2.05) is 0 Å². The van der Waals surface area contributed by atoms with Crippen LogP contribution in [0.1, 0.15) is 53.9 Å². The first-order valence-corrected chi connectivity index (χ1v) is 6.60. The molecule has 0 aromatic heterocycles. The van der Waals surface area contributed by atoms with Gasteiger partial charge < -0.3 is 9.47 Å². The number of ether oxygens (including phenoxy) is 2. The molecular formula is C14H28O2. The van der Waals surface area contributed by atoms with E-state index < -0.39 is 0 Å². The molecule has 1 rings (SSSR count). The van der Waals surface area contributed by atoms with E-state index in [0.29, 0.717) is 16.9 Å². The molecule has 0 aromatic carbocycles. The molecule has 2 atom stereocenters. The summed E-state index contributed by atoms with van der Waals surface area (Å²) in [5.41, 5.74) is 0.735. The standard InChI is InChI=1S/C14H28O2/c1-6-13(3,4)10-14(5,7-2)11-15-8-12-9-16-12/h12H,6-11H2,1-5H3. The Morgan fingerprint density at radius 2 is 1.81 bits per heavy atom. The van der Waals surface area contributed by atoms with Crippen LogP contribution in [0.5, 0.6) is 0 Å². The van der Waals surface area contributed by atoms with Gasteiger partial charge in [-0.3, -0.25) is 0 Å². The predicted molar refractivity (Wildman–Crippen MR) is 67.6 cm³/mol. The molecule has 16 heavy (non-hydrogen) atoms. The van der Waals surface area contributed by atoms with Crippen LogP contribution < -0.4 is 0 Å². The minimum atomic E-state index is 0.314. The highest BCUT2D eigenvalue weighted by atomic mass is 16.6. The molecule has 1 fully saturated rings. The van der Waals surface area contributed by atoms with Gasteiger partial charge in [0.25, 0.3) is 0 Å². The van der Waals surface area contributed by atoms with Crippen molar-refractivity contribution in [1.82, 2.24) is 0 Å². The average molecular weight is 228 g/mol. The predicted octanol–water partition coefficient (Wildman–Crippen LogP) is 3.64. The second-order valence-corrected chi connectivity index (χ2v) is 6.33. The maximum absolute atomic E-state index is 5.78. The summed E-state index contributed by atoms with van der Waals surface area (Å²) in [6.07, 6.45) is 4.04. The molecule has 1 heterocycles. The molecule has 1 aliphatic heterocycles. The lowest BCUT2D eigenvalue weighted by atomic mass is 9.72. The van der Waals surface area contributed by atoms with Crippen LogP contribution >= 0.6 is 0 Å². The first-order chi connectivity index (χ1) is 7.41. The van der Waals surface area contributed by atoms with Gasteiger partial charge in [0.2, 0.25) is 0 Å². The van der Waals surface area contributed by atoms with Gasteiger partial charge in [-0.15, -0.1) is 0 Å². The molecule has 0 aromatic rings. The number of epoxide rings is 1. The van der Waals surface area contributed by atoms with E-state index in [-0.39, 0.29) is 0 Å². The van der Waals surface area contributed by atoms with Crippen molar-refractivity contribution in [3.63, 3.8) is 0 Å². The lowest BCUT2D eigenvalue weighted by Crippen LogP contribution is -2.30. The van der Waals surface area contributed by atoms with Crippen LogP contribution in [0.4, 0.5) is 0 Å². The fourth-order valence-electron chi connectivity index (χ4n) is 2.16. The molecule has 0 spiro atoms. The van der Waals surface area contributed by atoms with Crippen LogP contribution in [0.25, 0.3) is 0 Å². The smallest absolute Gasteiger partial charge is 0.104 e. The van der Waals surface area contributed by atoms with Crippen LogP contribution in [0.15, 0.2) is 0 Å². The minimum absolute atomic E-state index is 0.314. The van der Waals surface area contributed by atoms with Crippen molar-refractivity contribution in [3.05, 3.63) is 0 Å². The SMILES string of the molecule is CCC(C)(C)CC(C)(CC)COCC1CO1. The molecule has 0 radical (unpaired) electrons.